The van der Waals surface area contributed by atoms with Crippen molar-refractivity contribution in [1.29, 1.82) is 0 Å². The maximum Gasteiger partial charge on any atom is 0.159 e. The molecule has 0 N–H and O–H groups in total. The van der Waals surface area contributed by atoms with Crippen molar-refractivity contribution in [3.8, 4) is 0 Å². The van der Waals surface area contributed by atoms with E-state index < -0.39 is 0 Å². The lowest BCUT2D eigenvalue weighted by molar-refractivity contribution is -0.117. The molecule has 0 fully saturated rings. The van der Waals surface area contributed by atoms with Crippen molar-refractivity contribution in [3.63, 3.8) is 0 Å². The summed E-state index contributed by atoms with van der Waals surface area (Å²) in [5.41, 5.74) is 0. The van der Waals surface area contributed by atoms with Gasteiger partial charge in [0.05, 0.1) is 0 Å². The maximum atomic E-state index is 12.0. The van der Waals surface area contributed by atoms with E-state index in [9.17, 15) is 4.79 Å². The molecule has 0 bridgehead atoms. The van der Waals surface area contributed by atoms with E-state index >= 15 is 0 Å². The van der Waals surface area contributed by atoms with Gasteiger partial charge in [-0.05, 0) is 37.7 Å². The predicted octanol–water partition coefficient (Wildman–Crippen LogP) is 6.27. The molecule has 0 heterocycles. The Morgan fingerprint density at radius 3 is 2.68 bits per heavy atom. The molecule has 0 radical (unpaired) electrons. The van der Waals surface area contributed by atoms with Gasteiger partial charge in [-0.3, -0.25) is 4.79 Å². The van der Waals surface area contributed by atoms with Crippen LogP contribution in [0.2, 0.25) is 0 Å². The van der Waals surface area contributed by atoms with Crippen LogP contribution in [0.25, 0.3) is 0 Å². The van der Waals surface area contributed by atoms with Crippen LogP contribution >= 0.6 is 0 Å². The summed E-state index contributed by atoms with van der Waals surface area (Å²) in [6, 6.07) is 0. The zero-order chi connectivity index (χ0) is 16.2. The molecular formula is C21H34O. The van der Waals surface area contributed by atoms with Crippen LogP contribution in [-0.4, -0.2) is 5.78 Å². The van der Waals surface area contributed by atoms with Gasteiger partial charge in [0, 0.05) is 11.8 Å². The van der Waals surface area contributed by atoms with Crippen molar-refractivity contribution in [3.05, 3.63) is 36.5 Å². The SMILES string of the molecule is CCCCCCC=C[C@H]1C=CC(=O)[C@@H]1C/C=C\C(C)CCC. The fraction of sp³-hybridized carbons (Fsp3) is 0.667. The highest BCUT2D eigenvalue weighted by Crippen LogP contribution is 2.27. The summed E-state index contributed by atoms with van der Waals surface area (Å²) in [6.45, 7) is 6.71. The van der Waals surface area contributed by atoms with Gasteiger partial charge in [-0.15, -0.1) is 0 Å². The predicted molar refractivity (Wildman–Crippen MR) is 96.9 cm³/mol. The van der Waals surface area contributed by atoms with Crippen LogP contribution in [0.4, 0.5) is 0 Å². The smallest absolute Gasteiger partial charge is 0.159 e. The number of hydrogen-bond acceptors (Lipinski definition) is 1. The summed E-state index contributed by atoms with van der Waals surface area (Å²) in [5.74, 6) is 1.37. The first-order valence-corrected chi connectivity index (χ1v) is 9.24. The van der Waals surface area contributed by atoms with E-state index in [1.54, 1.807) is 6.08 Å². The minimum absolute atomic E-state index is 0.136. The molecule has 124 valence electrons. The highest BCUT2D eigenvalue weighted by molar-refractivity contribution is 5.95. The van der Waals surface area contributed by atoms with E-state index in [0.717, 1.165) is 12.8 Å². The Morgan fingerprint density at radius 1 is 1.14 bits per heavy atom. The molecule has 0 amide bonds. The molecule has 0 saturated carbocycles. The zero-order valence-corrected chi connectivity index (χ0v) is 14.8. The van der Waals surface area contributed by atoms with Gasteiger partial charge in [-0.2, -0.15) is 0 Å². The number of hydrogen-bond donors (Lipinski definition) is 0. The molecule has 1 unspecified atom stereocenters. The van der Waals surface area contributed by atoms with E-state index in [0.29, 0.717) is 17.6 Å². The van der Waals surface area contributed by atoms with Gasteiger partial charge in [-0.25, -0.2) is 0 Å². The Morgan fingerprint density at radius 2 is 1.95 bits per heavy atom. The van der Waals surface area contributed by atoms with Gasteiger partial charge in [0.15, 0.2) is 5.78 Å². The van der Waals surface area contributed by atoms with E-state index in [2.05, 4.69) is 51.2 Å². The number of rotatable bonds is 11. The number of allylic oxidation sites excluding steroid dienone is 6. The fourth-order valence-corrected chi connectivity index (χ4v) is 3.08. The average Bonchev–Trinajstić information content (AvgIpc) is 2.84. The highest BCUT2D eigenvalue weighted by Gasteiger charge is 2.26. The lowest BCUT2D eigenvalue weighted by Gasteiger charge is -2.13. The molecule has 0 aliphatic heterocycles. The van der Waals surface area contributed by atoms with Crippen molar-refractivity contribution in [2.75, 3.05) is 0 Å². The van der Waals surface area contributed by atoms with Crippen LogP contribution in [0.15, 0.2) is 36.5 Å². The number of carbonyl (C=O) groups excluding carboxylic acids is 1. The first-order valence-electron chi connectivity index (χ1n) is 9.24. The van der Waals surface area contributed by atoms with Crippen LogP contribution in [0, 0.1) is 17.8 Å². The average molecular weight is 303 g/mol. The first kappa shape index (κ1) is 18.9. The molecule has 1 aliphatic rings. The maximum absolute atomic E-state index is 12.0. The molecule has 22 heavy (non-hydrogen) atoms. The number of ketones is 1. The van der Waals surface area contributed by atoms with Crippen molar-refractivity contribution in [2.45, 2.75) is 72.1 Å². The Hall–Kier alpha value is -1.11. The summed E-state index contributed by atoms with van der Waals surface area (Å²) in [7, 11) is 0. The van der Waals surface area contributed by atoms with Crippen molar-refractivity contribution >= 4 is 5.78 Å². The molecular weight excluding hydrogens is 268 g/mol. The van der Waals surface area contributed by atoms with Crippen molar-refractivity contribution in [1.82, 2.24) is 0 Å². The van der Waals surface area contributed by atoms with E-state index in [-0.39, 0.29) is 5.92 Å². The molecule has 0 aromatic heterocycles. The standard InChI is InChI=1S/C21H34O/c1-4-6-7-8-9-10-14-19-16-17-21(22)20(19)15-11-13-18(3)12-5-2/h10-11,13-14,16-20H,4-9,12,15H2,1-3H3/b13-11-,14-10?/t18?,19-,20+/m0/s1. The number of carbonyl (C=O) groups is 1. The Balaban J connectivity index is 2.37. The van der Waals surface area contributed by atoms with E-state index in [1.165, 1.54) is 38.5 Å². The monoisotopic (exact) mass is 302 g/mol. The molecule has 0 aromatic carbocycles. The summed E-state index contributed by atoms with van der Waals surface area (Å²) < 4.78 is 0. The second kappa shape index (κ2) is 11.5. The lowest BCUT2D eigenvalue weighted by Crippen LogP contribution is -2.13. The van der Waals surface area contributed by atoms with Gasteiger partial charge >= 0.3 is 0 Å². The van der Waals surface area contributed by atoms with Gasteiger partial charge in [0.1, 0.15) is 0 Å². The molecule has 0 saturated heterocycles. The van der Waals surface area contributed by atoms with E-state index in [4.69, 9.17) is 0 Å². The molecule has 1 nitrogen and oxygen atoms in total. The van der Waals surface area contributed by atoms with Crippen molar-refractivity contribution in [2.24, 2.45) is 17.8 Å². The third kappa shape index (κ3) is 7.24. The minimum Gasteiger partial charge on any atom is -0.295 e. The van der Waals surface area contributed by atoms with Crippen LogP contribution in [-0.2, 0) is 4.79 Å². The van der Waals surface area contributed by atoms with Crippen LogP contribution in [0.1, 0.15) is 72.1 Å². The largest absolute Gasteiger partial charge is 0.295 e. The minimum atomic E-state index is 0.136. The molecule has 0 aromatic rings. The lowest BCUT2D eigenvalue weighted by atomic mass is 9.90. The topological polar surface area (TPSA) is 17.1 Å². The normalized spacial score (nSPS) is 23.1. The molecule has 1 heteroatoms. The highest BCUT2D eigenvalue weighted by atomic mass is 16.1. The molecule has 1 rings (SSSR count). The molecule has 3 atom stereocenters. The van der Waals surface area contributed by atoms with E-state index in [1.807, 2.05) is 0 Å². The second-order valence-corrected chi connectivity index (χ2v) is 6.65. The molecule has 0 spiro atoms. The summed E-state index contributed by atoms with van der Waals surface area (Å²) in [4.78, 5) is 12.0. The quantitative estimate of drug-likeness (QED) is 0.325. The Bertz CT molecular complexity index is 389. The zero-order valence-electron chi connectivity index (χ0n) is 14.8. The molecule has 1 aliphatic carbocycles. The first-order chi connectivity index (χ1) is 10.7. The van der Waals surface area contributed by atoms with Crippen LogP contribution in [0.5, 0.6) is 0 Å². The van der Waals surface area contributed by atoms with Crippen LogP contribution < -0.4 is 0 Å². The van der Waals surface area contributed by atoms with Gasteiger partial charge in [0.25, 0.3) is 0 Å². The third-order valence-electron chi connectivity index (χ3n) is 4.49. The summed E-state index contributed by atoms with van der Waals surface area (Å²) in [6.07, 6.45) is 22.6. The van der Waals surface area contributed by atoms with Gasteiger partial charge in [-0.1, -0.05) is 76.8 Å². The third-order valence-corrected chi connectivity index (χ3v) is 4.49. The second-order valence-electron chi connectivity index (χ2n) is 6.65. The summed E-state index contributed by atoms with van der Waals surface area (Å²) >= 11 is 0. The summed E-state index contributed by atoms with van der Waals surface area (Å²) in [5, 5.41) is 0. The van der Waals surface area contributed by atoms with Gasteiger partial charge in [0.2, 0.25) is 0 Å². The van der Waals surface area contributed by atoms with Crippen molar-refractivity contribution < 1.29 is 4.79 Å². The number of unbranched alkanes of at least 4 members (excludes halogenated alkanes) is 4. The Kier molecular flexibility index (Phi) is 9.86. The Labute approximate surface area is 137 Å². The van der Waals surface area contributed by atoms with Gasteiger partial charge < -0.3 is 0 Å². The fourth-order valence-electron chi connectivity index (χ4n) is 3.08. The van der Waals surface area contributed by atoms with Crippen LogP contribution in [0.3, 0.4) is 0 Å².